The lowest BCUT2D eigenvalue weighted by atomic mass is 9.89. The number of amides is 1. The lowest BCUT2D eigenvalue weighted by Crippen LogP contribution is -2.43. The van der Waals surface area contributed by atoms with Crippen LogP contribution in [-0.2, 0) is 11.3 Å². The Morgan fingerprint density at radius 2 is 1.93 bits per heavy atom. The number of ether oxygens (including phenoxy) is 1. The van der Waals surface area contributed by atoms with Crippen LogP contribution in [0.25, 0.3) is 0 Å². The SMILES string of the molecule is CC1(Cn2cc(C(=O)Nc3ccccc3N3CCCCCC3)nn2)COC1. The summed E-state index contributed by atoms with van der Waals surface area (Å²) in [4.78, 5) is 15.1. The zero-order chi connectivity index (χ0) is 18.7. The molecular formula is C20H27N5O2. The van der Waals surface area contributed by atoms with E-state index in [1.54, 1.807) is 10.9 Å². The van der Waals surface area contributed by atoms with E-state index in [0.29, 0.717) is 12.2 Å². The van der Waals surface area contributed by atoms with Gasteiger partial charge < -0.3 is 15.0 Å². The summed E-state index contributed by atoms with van der Waals surface area (Å²) in [5, 5.41) is 11.2. The van der Waals surface area contributed by atoms with Crippen molar-refractivity contribution >= 4 is 17.3 Å². The molecule has 0 bridgehead atoms. The van der Waals surface area contributed by atoms with Crippen LogP contribution in [0.5, 0.6) is 0 Å². The van der Waals surface area contributed by atoms with Crippen molar-refractivity contribution in [1.29, 1.82) is 0 Å². The number of para-hydroxylation sites is 2. The fourth-order valence-corrected chi connectivity index (χ4v) is 3.77. The molecule has 1 N–H and O–H groups in total. The molecule has 1 aromatic heterocycles. The molecule has 0 unspecified atom stereocenters. The Morgan fingerprint density at radius 3 is 2.63 bits per heavy atom. The summed E-state index contributed by atoms with van der Waals surface area (Å²) in [5.74, 6) is -0.224. The maximum Gasteiger partial charge on any atom is 0.277 e. The number of benzene rings is 1. The van der Waals surface area contributed by atoms with Crippen molar-refractivity contribution in [1.82, 2.24) is 15.0 Å². The van der Waals surface area contributed by atoms with Gasteiger partial charge in [0.1, 0.15) is 0 Å². The monoisotopic (exact) mass is 369 g/mol. The van der Waals surface area contributed by atoms with Crippen LogP contribution in [0.1, 0.15) is 43.1 Å². The Hall–Kier alpha value is -2.41. The Bertz CT molecular complexity index is 791. The van der Waals surface area contributed by atoms with E-state index in [-0.39, 0.29) is 11.3 Å². The van der Waals surface area contributed by atoms with E-state index in [0.717, 1.165) is 37.7 Å². The summed E-state index contributed by atoms with van der Waals surface area (Å²) in [6.45, 7) is 6.36. The third kappa shape index (κ3) is 4.13. The largest absolute Gasteiger partial charge is 0.380 e. The highest BCUT2D eigenvalue weighted by molar-refractivity contribution is 6.04. The zero-order valence-corrected chi connectivity index (χ0v) is 15.9. The number of rotatable bonds is 5. The lowest BCUT2D eigenvalue weighted by Gasteiger charge is -2.37. The molecule has 7 heteroatoms. The first-order chi connectivity index (χ1) is 13.1. The van der Waals surface area contributed by atoms with E-state index in [9.17, 15) is 4.79 Å². The highest BCUT2D eigenvalue weighted by Crippen LogP contribution is 2.29. The number of anilines is 2. The molecule has 2 fully saturated rings. The third-order valence-electron chi connectivity index (χ3n) is 5.32. The van der Waals surface area contributed by atoms with Gasteiger partial charge in [0.15, 0.2) is 5.69 Å². The summed E-state index contributed by atoms with van der Waals surface area (Å²) in [6, 6.07) is 8.00. The van der Waals surface area contributed by atoms with Crippen molar-refractivity contribution in [3.63, 3.8) is 0 Å². The molecule has 0 radical (unpaired) electrons. The van der Waals surface area contributed by atoms with Gasteiger partial charge in [-0.2, -0.15) is 0 Å². The molecule has 2 aromatic rings. The molecule has 2 saturated heterocycles. The maximum absolute atomic E-state index is 12.7. The van der Waals surface area contributed by atoms with Crippen molar-refractivity contribution in [2.45, 2.75) is 39.2 Å². The van der Waals surface area contributed by atoms with E-state index in [1.165, 1.54) is 25.7 Å². The normalized spacial score (nSPS) is 19.2. The highest BCUT2D eigenvalue weighted by Gasteiger charge is 2.34. The molecule has 7 nitrogen and oxygen atoms in total. The van der Waals surface area contributed by atoms with E-state index in [4.69, 9.17) is 4.74 Å². The average molecular weight is 369 g/mol. The first-order valence-corrected chi connectivity index (χ1v) is 9.76. The maximum atomic E-state index is 12.7. The zero-order valence-electron chi connectivity index (χ0n) is 15.9. The van der Waals surface area contributed by atoms with Gasteiger partial charge >= 0.3 is 0 Å². The van der Waals surface area contributed by atoms with Crippen LogP contribution in [-0.4, -0.2) is 47.2 Å². The van der Waals surface area contributed by atoms with Gasteiger partial charge in [0.2, 0.25) is 0 Å². The summed E-state index contributed by atoms with van der Waals surface area (Å²) < 4.78 is 7.01. The third-order valence-corrected chi connectivity index (χ3v) is 5.32. The molecule has 0 saturated carbocycles. The van der Waals surface area contributed by atoms with Crippen LogP contribution in [0.4, 0.5) is 11.4 Å². The van der Waals surface area contributed by atoms with Crippen molar-refractivity contribution in [3.8, 4) is 0 Å². The number of hydrogen-bond acceptors (Lipinski definition) is 5. The fraction of sp³-hybridized carbons (Fsp3) is 0.550. The molecule has 1 amide bonds. The van der Waals surface area contributed by atoms with E-state index in [1.807, 2.05) is 18.2 Å². The van der Waals surface area contributed by atoms with Crippen LogP contribution < -0.4 is 10.2 Å². The van der Waals surface area contributed by atoms with Gasteiger partial charge in [-0.05, 0) is 25.0 Å². The van der Waals surface area contributed by atoms with E-state index in [2.05, 4.69) is 33.5 Å². The minimum atomic E-state index is -0.224. The highest BCUT2D eigenvalue weighted by atomic mass is 16.5. The second kappa shape index (κ2) is 7.68. The number of nitrogens with one attached hydrogen (secondary N) is 1. The summed E-state index contributed by atoms with van der Waals surface area (Å²) >= 11 is 0. The molecule has 144 valence electrons. The van der Waals surface area contributed by atoms with Gasteiger partial charge in [0, 0.05) is 18.5 Å². The summed E-state index contributed by atoms with van der Waals surface area (Å²) in [7, 11) is 0. The lowest BCUT2D eigenvalue weighted by molar-refractivity contribution is -0.111. The topological polar surface area (TPSA) is 72.3 Å². The molecule has 2 aliphatic heterocycles. The molecule has 0 aliphatic carbocycles. The van der Waals surface area contributed by atoms with Crippen molar-refractivity contribution in [2.24, 2.45) is 5.41 Å². The van der Waals surface area contributed by atoms with Gasteiger partial charge in [-0.25, -0.2) is 0 Å². The van der Waals surface area contributed by atoms with Gasteiger partial charge in [-0.15, -0.1) is 5.10 Å². The number of carbonyl (C=O) groups is 1. The Balaban J connectivity index is 1.46. The number of nitrogens with zero attached hydrogens (tertiary/aromatic N) is 4. The van der Waals surface area contributed by atoms with Crippen LogP contribution in [0, 0.1) is 5.41 Å². The molecule has 0 spiro atoms. The van der Waals surface area contributed by atoms with Crippen molar-refractivity contribution < 1.29 is 9.53 Å². The van der Waals surface area contributed by atoms with Gasteiger partial charge in [-0.3, -0.25) is 9.48 Å². The molecular weight excluding hydrogens is 342 g/mol. The second-order valence-corrected chi connectivity index (χ2v) is 7.98. The molecule has 0 atom stereocenters. The minimum Gasteiger partial charge on any atom is -0.380 e. The average Bonchev–Trinajstić information content (AvgIpc) is 2.94. The van der Waals surface area contributed by atoms with Crippen molar-refractivity contribution in [3.05, 3.63) is 36.2 Å². The molecule has 27 heavy (non-hydrogen) atoms. The predicted molar refractivity (Wildman–Crippen MR) is 104 cm³/mol. The van der Waals surface area contributed by atoms with Crippen LogP contribution in [0.15, 0.2) is 30.5 Å². The van der Waals surface area contributed by atoms with E-state index < -0.39 is 0 Å². The van der Waals surface area contributed by atoms with Gasteiger partial charge in [0.25, 0.3) is 5.91 Å². The van der Waals surface area contributed by atoms with Crippen LogP contribution >= 0.6 is 0 Å². The van der Waals surface area contributed by atoms with Crippen LogP contribution in [0.3, 0.4) is 0 Å². The number of aromatic nitrogens is 3. The molecule has 2 aliphatic rings. The van der Waals surface area contributed by atoms with Crippen LogP contribution in [0.2, 0.25) is 0 Å². The van der Waals surface area contributed by atoms with Crippen molar-refractivity contribution in [2.75, 3.05) is 36.5 Å². The van der Waals surface area contributed by atoms with E-state index >= 15 is 0 Å². The Morgan fingerprint density at radius 1 is 1.19 bits per heavy atom. The Kier molecular flexibility index (Phi) is 5.11. The fourth-order valence-electron chi connectivity index (χ4n) is 3.77. The standard InChI is InChI=1S/C20H27N5O2/c1-20(14-27-15-20)13-25-12-17(22-23-25)19(26)21-16-8-4-5-9-18(16)24-10-6-2-3-7-11-24/h4-5,8-9,12H,2-3,6-7,10-11,13-15H2,1H3,(H,21,26). The number of carbonyl (C=O) groups excluding carboxylic acids is 1. The molecule has 3 heterocycles. The predicted octanol–water partition coefficient (Wildman–Crippen LogP) is 2.95. The van der Waals surface area contributed by atoms with Gasteiger partial charge in [-0.1, -0.05) is 37.1 Å². The first kappa shape index (κ1) is 18.0. The summed E-state index contributed by atoms with van der Waals surface area (Å²) in [5.41, 5.74) is 2.34. The Labute approximate surface area is 159 Å². The summed E-state index contributed by atoms with van der Waals surface area (Å²) in [6.07, 6.45) is 6.65. The first-order valence-electron chi connectivity index (χ1n) is 9.76. The minimum absolute atomic E-state index is 0.0841. The smallest absolute Gasteiger partial charge is 0.277 e. The quantitative estimate of drug-likeness (QED) is 0.877. The second-order valence-electron chi connectivity index (χ2n) is 7.98. The molecule has 4 rings (SSSR count). The number of hydrogen-bond donors (Lipinski definition) is 1. The molecule has 1 aromatic carbocycles. The van der Waals surface area contributed by atoms with Gasteiger partial charge in [0.05, 0.1) is 37.3 Å².